The van der Waals surface area contributed by atoms with E-state index >= 15 is 0 Å². The van der Waals surface area contributed by atoms with Crippen LogP contribution in [0.25, 0.3) is 0 Å². The molecule has 0 aromatic heterocycles. The van der Waals surface area contributed by atoms with Crippen molar-refractivity contribution in [2.75, 3.05) is 0 Å². The molecular formula is C12H12BrO2P. The molecule has 2 rings (SSSR count). The van der Waals surface area contributed by atoms with Gasteiger partial charge in [0.1, 0.15) is 0 Å². The van der Waals surface area contributed by atoms with Crippen molar-refractivity contribution in [1.82, 2.24) is 0 Å². The second-order valence-corrected chi connectivity index (χ2v) is 10.5. The molecule has 84 valence electrons. The second-order valence-electron chi connectivity index (χ2n) is 3.59. The molecule has 4 heteroatoms. The van der Waals surface area contributed by atoms with Gasteiger partial charge in [0.25, 0.3) is 0 Å². The molecule has 16 heavy (non-hydrogen) atoms. The van der Waals surface area contributed by atoms with E-state index in [9.17, 15) is 9.79 Å². The van der Waals surface area contributed by atoms with Crippen LogP contribution in [0.3, 0.4) is 0 Å². The molecular weight excluding hydrogens is 287 g/mol. The van der Waals surface area contributed by atoms with Crippen LogP contribution in [-0.4, -0.2) is 9.79 Å². The van der Waals surface area contributed by atoms with Gasteiger partial charge < -0.3 is 0 Å². The molecule has 0 aliphatic carbocycles. The van der Waals surface area contributed by atoms with Crippen molar-refractivity contribution < 1.29 is 9.79 Å². The Labute approximate surface area is 102 Å². The zero-order chi connectivity index (χ0) is 11.7. The van der Waals surface area contributed by atoms with Gasteiger partial charge in [0, 0.05) is 0 Å². The molecule has 0 unspecified atom stereocenters. The van der Waals surface area contributed by atoms with E-state index in [1.807, 2.05) is 12.1 Å². The van der Waals surface area contributed by atoms with Gasteiger partial charge in [0.15, 0.2) is 0 Å². The predicted octanol–water partition coefficient (Wildman–Crippen LogP) is 2.32. The van der Waals surface area contributed by atoms with Crippen molar-refractivity contribution >= 4 is 31.9 Å². The summed E-state index contributed by atoms with van der Waals surface area (Å²) < 4.78 is 0. The maximum atomic E-state index is 10.5. The Bertz CT molecular complexity index is 433. The zero-order valence-corrected chi connectivity index (χ0v) is 11.0. The quantitative estimate of drug-likeness (QED) is 0.836. The van der Waals surface area contributed by atoms with Crippen LogP contribution in [0.1, 0.15) is 0 Å². The molecule has 2 nitrogen and oxygen atoms in total. The Hall–Kier alpha value is -0.730. The van der Waals surface area contributed by atoms with E-state index in [1.165, 1.54) is 0 Å². The van der Waals surface area contributed by atoms with Gasteiger partial charge in [-0.15, -0.1) is 0 Å². The van der Waals surface area contributed by atoms with Gasteiger partial charge in [0.05, 0.1) is 0 Å². The fourth-order valence-corrected chi connectivity index (χ4v) is 4.65. The molecule has 0 saturated heterocycles. The molecule has 0 aliphatic rings. The van der Waals surface area contributed by atoms with Crippen LogP contribution in [0.5, 0.6) is 0 Å². The van der Waals surface area contributed by atoms with Gasteiger partial charge in [-0.25, -0.2) is 0 Å². The first-order valence-corrected chi connectivity index (χ1v) is 9.00. The summed E-state index contributed by atoms with van der Waals surface area (Å²) in [4.78, 5) is 21.1. The summed E-state index contributed by atoms with van der Waals surface area (Å²) in [5, 5.41) is 0.999. The fraction of sp³-hybridized carbons (Fsp3) is 0. The first-order chi connectivity index (χ1) is 7.49. The molecule has 0 aliphatic heterocycles. The Morgan fingerprint density at radius 1 is 0.688 bits per heavy atom. The summed E-state index contributed by atoms with van der Waals surface area (Å²) in [6, 6.07) is 17.7. The Morgan fingerprint density at radius 3 is 1.31 bits per heavy atom. The number of hydrogen-bond donors (Lipinski definition) is 2. The minimum absolute atomic E-state index is 0.500. The van der Waals surface area contributed by atoms with E-state index in [0.717, 1.165) is 0 Å². The monoisotopic (exact) mass is 298 g/mol. The SMILES string of the molecule is OP(O)(Br)(c1ccccc1)c1ccccc1. The van der Waals surface area contributed by atoms with Crippen LogP contribution >= 0.6 is 21.2 Å². The van der Waals surface area contributed by atoms with Crippen LogP contribution in [0.2, 0.25) is 0 Å². The number of halogens is 1. The van der Waals surface area contributed by atoms with E-state index in [-0.39, 0.29) is 0 Å². The van der Waals surface area contributed by atoms with E-state index in [4.69, 9.17) is 0 Å². The Morgan fingerprint density at radius 2 is 1.00 bits per heavy atom. The van der Waals surface area contributed by atoms with Crippen LogP contribution in [0.15, 0.2) is 60.7 Å². The van der Waals surface area contributed by atoms with Gasteiger partial charge in [0.2, 0.25) is 0 Å². The summed E-state index contributed by atoms with van der Waals surface area (Å²) in [5.41, 5.74) is 0. The van der Waals surface area contributed by atoms with Crippen molar-refractivity contribution in [2.45, 2.75) is 0 Å². The topological polar surface area (TPSA) is 40.5 Å². The predicted molar refractivity (Wildman–Crippen MR) is 72.4 cm³/mol. The van der Waals surface area contributed by atoms with Crippen LogP contribution < -0.4 is 10.6 Å². The normalized spacial score (nSPS) is 14.1. The molecule has 0 heterocycles. The van der Waals surface area contributed by atoms with E-state index in [1.54, 1.807) is 48.5 Å². The van der Waals surface area contributed by atoms with Crippen LogP contribution in [-0.2, 0) is 0 Å². The molecule has 2 aromatic carbocycles. The fourth-order valence-electron chi connectivity index (χ4n) is 1.53. The summed E-state index contributed by atoms with van der Waals surface area (Å²) in [5.74, 6) is -4.12. The molecule has 0 radical (unpaired) electrons. The Kier molecular flexibility index (Phi) is 2.89. The Balaban J connectivity index is 2.60. The molecule has 0 spiro atoms. The molecule has 0 fully saturated rings. The minimum atomic E-state index is -4.12. The molecule has 0 atom stereocenters. The van der Waals surface area contributed by atoms with Crippen LogP contribution in [0, 0.1) is 0 Å². The van der Waals surface area contributed by atoms with Gasteiger partial charge >= 0.3 is 102 Å². The second kappa shape index (κ2) is 3.94. The summed E-state index contributed by atoms with van der Waals surface area (Å²) >= 11 is 3.14. The van der Waals surface area contributed by atoms with Crippen molar-refractivity contribution in [3.8, 4) is 0 Å². The first-order valence-electron chi connectivity index (χ1n) is 4.84. The van der Waals surface area contributed by atoms with E-state index < -0.39 is 5.76 Å². The summed E-state index contributed by atoms with van der Waals surface area (Å²) in [6.45, 7) is 0. The standard InChI is InChI=1S/C12H12BrO2P/c13-16(14,15,11-7-3-1-4-8-11)12-9-5-2-6-10-12/h1-10,14-15H. The van der Waals surface area contributed by atoms with Gasteiger partial charge in [-0.1, -0.05) is 0 Å². The third-order valence-electron chi connectivity index (χ3n) is 2.43. The third kappa shape index (κ3) is 2.04. The number of rotatable bonds is 2. The van der Waals surface area contributed by atoms with Gasteiger partial charge in [-0.2, -0.15) is 0 Å². The van der Waals surface area contributed by atoms with Gasteiger partial charge in [-0.05, 0) is 0 Å². The number of hydrogen-bond acceptors (Lipinski definition) is 2. The average Bonchev–Trinajstić information content (AvgIpc) is 2.31. The summed E-state index contributed by atoms with van der Waals surface area (Å²) in [7, 11) is 0. The van der Waals surface area contributed by atoms with Crippen molar-refractivity contribution in [1.29, 1.82) is 0 Å². The van der Waals surface area contributed by atoms with Crippen molar-refractivity contribution in [3.05, 3.63) is 60.7 Å². The molecule has 0 saturated carbocycles. The van der Waals surface area contributed by atoms with Crippen molar-refractivity contribution in [3.63, 3.8) is 0 Å². The third-order valence-corrected chi connectivity index (χ3v) is 7.31. The van der Waals surface area contributed by atoms with E-state index in [0.29, 0.717) is 10.6 Å². The molecule has 2 N–H and O–H groups in total. The molecule has 2 aromatic rings. The maximum absolute atomic E-state index is 10.5. The zero-order valence-electron chi connectivity index (χ0n) is 8.49. The van der Waals surface area contributed by atoms with Crippen LogP contribution in [0.4, 0.5) is 0 Å². The van der Waals surface area contributed by atoms with E-state index in [2.05, 4.69) is 15.5 Å². The first kappa shape index (κ1) is 11.7. The van der Waals surface area contributed by atoms with Gasteiger partial charge in [-0.3, -0.25) is 0 Å². The molecule has 0 bridgehead atoms. The molecule has 0 amide bonds. The average molecular weight is 299 g/mol. The van der Waals surface area contributed by atoms with Crippen molar-refractivity contribution in [2.24, 2.45) is 0 Å². The summed E-state index contributed by atoms with van der Waals surface area (Å²) in [6.07, 6.45) is 0. The number of benzene rings is 2.